The van der Waals surface area contributed by atoms with Crippen LogP contribution in [0.3, 0.4) is 0 Å². The second kappa shape index (κ2) is 11.9. The standard InChI is InChI=1S/C32H34P2/c1-6-16-27(17-7-1)32(34(30-22-12-4-13-23-30)31-24-14-5-15-25-31)26-33(28-18-8-2-9-19-28)29-20-10-3-11-21-29/h2-5,8-15,18-25,27,32H,1,6-7,16-17,26H2/t32-/m1/s1. The SMILES string of the molecule is c1ccc(P(C[C@H](C2CCCCC2)P(c2ccccc2)c2ccccc2)c2ccccc2)cc1. The first-order valence-corrected chi connectivity index (χ1v) is 15.6. The minimum atomic E-state index is -0.434. The Morgan fingerprint density at radius 1 is 0.500 bits per heavy atom. The lowest BCUT2D eigenvalue weighted by Crippen LogP contribution is -2.34. The molecule has 0 bridgehead atoms. The van der Waals surface area contributed by atoms with Gasteiger partial charge in [0.05, 0.1) is 0 Å². The highest BCUT2D eigenvalue weighted by molar-refractivity contribution is 7.77. The molecule has 1 aliphatic carbocycles. The minimum Gasteiger partial charge on any atom is -0.0622 e. The first kappa shape index (κ1) is 23.5. The van der Waals surface area contributed by atoms with Crippen LogP contribution in [0.15, 0.2) is 121 Å². The quantitative estimate of drug-likeness (QED) is 0.234. The number of hydrogen-bond acceptors (Lipinski definition) is 0. The smallest absolute Gasteiger partial charge is 0.00552 e. The predicted octanol–water partition coefficient (Wildman–Crippen LogP) is 7.20. The summed E-state index contributed by atoms with van der Waals surface area (Å²) in [6, 6.07) is 45.5. The Labute approximate surface area is 208 Å². The van der Waals surface area contributed by atoms with Crippen molar-refractivity contribution >= 4 is 37.1 Å². The fourth-order valence-electron chi connectivity index (χ4n) is 5.43. The molecule has 0 heterocycles. The van der Waals surface area contributed by atoms with Crippen molar-refractivity contribution in [2.75, 3.05) is 6.16 Å². The van der Waals surface area contributed by atoms with E-state index in [1.165, 1.54) is 59.5 Å². The van der Waals surface area contributed by atoms with E-state index in [1.54, 1.807) is 0 Å². The van der Waals surface area contributed by atoms with Crippen molar-refractivity contribution in [3.63, 3.8) is 0 Å². The van der Waals surface area contributed by atoms with Crippen LogP contribution in [0.2, 0.25) is 0 Å². The van der Waals surface area contributed by atoms with Crippen LogP contribution in [0.5, 0.6) is 0 Å². The lowest BCUT2D eigenvalue weighted by molar-refractivity contribution is 0.357. The molecule has 0 amide bonds. The molecule has 172 valence electrons. The molecule has 4 aromatic carbocycles. The summed E-state index contributed by atoms with van der Waals surface area (Å²) in [5.41, 5.74) is 0.687. The van der Waals surface area contributed by atoms with Gasteiger partial charge in [-0.1, -0.05) is 141 Å². The van der Waals surface area contributed by atoms with Crippen molar-refractivity contribution in [1.29, 1.82) is 0 Å². The molecule has 1 fully saturated rings. The highest BCUT2D eigenvalue weighted by Crippen LogP contribution is 2.52. The average Bonchev–Trinajstić information content (AvgIpc) is 2.93. The van der Waals surface area contributed by atoms with E-state index in [2.05, 4.69) is 121 Å². The minimum absolute atomic E-state index is 0.412. The Kier molecular flexibility index (Phi) is 8.24. The van der Waals surface area contributed by atoms with Crippen LogP contribution < -0.4 is 21.2 Å². The zero-order chi connectivity index (χ0) is 23.0. The van der Waals surface area contributed by atoms with Crippen LogP contribution in [-0.4, -0.2) is 11.8 Å². The maximum absolute atomic E-state index is 2.39. The van der Waals surface area contributed by atoms with E-state index in [9.17, 15) is 0 Å². The van der Waals surface area contributed by atoms with Gasteiger partial charge in [-0.3, -0.25) is 0 Å². The molecular formula is C32H34P2. The largest absolute Gasteiger partial charge is 0.0622 e. The van der Waals surface area contributed by atoms with Crippen LogP contribution in [0.4, 0.5) is 0 Å². The molecular weight excluding hydrogens is 446 g/mol. The van der Waals surface area contributed by atoms with Gasteiger partial charge in [-0.25, -0.2) is 0 Å². The molecule has 0 unspecified atom stereocenters. The van der Waals surface area contributed by atoms with Gasteiger partial charge in [0.25, 0.3) is 0 Å². The predicted molar refractivity (Wildman–Crippen MR) is 153 cm³/mol. The van der Waals surface area contributed by atoms with Crippen molar-refractivity contribution < 1.29 is 0 Å². The third kappa shape index (κ3) is 5.68. The molecule has 0 N–H and O–H groups in total. The number of rotatable bonds is 8. The summed E-state index contributed by atoms with van der Waals surface area (Å²) in [5.74, 6) is 0.803. The van der Waals surface area contributed by atoms with Crippen LogP contribution in [0.25, 0.3) is 0 Å². The highest BCUT2D eigenvalue weighted by atomic mass is 31.1. The van der Waals surface area contributed by atoms with Gasteiger partial charge in [-0.2, -0.15) is 0 Å². The van der Waals surface area contributed by atoms with Gasteiger partial charge >= 0.3 is 0 Å². The van der Waals surface area contributed by atoms with Crippen molar-refractivity contribution in [3.05, 3.63) is 121 Å². The molecule has 0 aliphatic heterocycles. The van der Waals surface area contributed by atoms with E-state index >= 15 is 0 Å². The fourth-order valence-corrected chi connectivity index (χ4v) is 11.8. The molecule has 0 spiro atoms. The summed E-state index contributed by atoms with van der Waals surface area (Å²) in [5, 5.41) is 6.10. The van der Waals surface area contributed by atoms with Crippen molar-refractivity contribution in [1.82, 2.24) is 0 Å². The zero-order valence-corrected chi connectivity index (χ0v) is 21.6. The molecule has 0 saturated heterocycles. The summed E-state index contributed by atoms with van der Waals surface area (Å²) >= 11 is 0. The molecule has 1 aliphatic rings. The van der Waals surface area contributed by atoms with Gasteiger partial charge in [0.15, 0.2) is 0 Å². The Balaban J connectivity index is 1.60. The van der Waals surface area contributed by atoms with E-state index < -0.39 is 15.8 Å². The first-order valence-electron chi connectivity index (χ1n) is 12.7. The average molecular weight is 481 g/mol. The Bertz CT molecular complexity index is 1030. The molecule has 1 atom stereocenters. The molecule has 0 nitrogen and oxygen atoms in total. The Hall–Kier alpha value is -2.26. The second-order valence-corrected chi connectivity index (χ2v) is 14.0. The normalized spacial score (nSPS) is 15.5. The van der Waals surface area contributed by atoms with E-state index in [0.29, 0.717) is 5.66 Å². The van der Waals surface area contributed by atoms with E-state index in [-0.39, 0.29) is 0 Å². The second-order valence-electron chi connectivity index (χ2n) is 9.29. The van der Waals surface area contributed by atoms with Crippen LogP contribution in [-0.2, 0) is 0 Å². The molecule has 0 radical (unpaired) electrons. The van der Waals surface area contributed by atoms with Gasteiger partial charge < -0.3 is 0 Å². The maximum atomic E-state index is 2.39. The summed E-state index contributed by atoms with van der Waals surface area (Å²) in [4.78, 5) is 0. The third-order valence-electron chi connectivity index (χ3n) is 7.10. The molecule has 4 aromatic rings. The third-order valence-corrected chi connectivity index (χ3v) is 13.0. The highest BCUT2D eigenvalue weighted by Gasteiger charge is 2.35. The van der Waals surface area contributed by atoms with Gasteiger partial charge in [0.2, 0.25) is 0 Å². The van der Waals surface area contributed by atoms with E-state index in [1.807, 2.05) is 0 Å². The van der Waals surface area contributed by atoms with Gasteiger partial charge in [-0.05, 0) is 67.6 Å². The topological polar surface area (TPSA) is 0 Å². The molecule has 1 saturated carbocycles. The number of hydrogen-bond donors (Lipinski definition) is 0. The van der Waals surface area contributed by atoms with Crippen molar-refractivity contribution in [2.24, 2.45) is 5.92 Å². The molecule has 34 heavy (non-hydrogen) atoms. The van der Waals surface area contributed by atoms with E-state index in [0.717, 1.165) is 5.92 Å². The molecule has 0 aromatic heterocycles. The van der Waals surface area contributed by atoms with Crippen LogP contribution in [0.1, 0.15) is 32.1 Å². The van der Waals surface area contributed by atoms with Gasteiger partial charge in [-0.15, -0.1) is 0 Å². The van der Waals surface area contributed by atoms with Gasteiger partial charge in [0, 0.05) is 0 Å². The first-order chi connectivity index (χ1) is 16.9. The Morgan fingerprint density at radius 3 is 1.29 bits per heavy atom. The fraction of sp³-hybridized carbons (Fsp3) is 0.250. The van der Waals surface area contributed by atoms with Gasteiger partial charge in [0.1, 0.15) is 0 Å². The number of benzene rings is 4. The van der Waals surface area contributed by atoms with E-state index in [4.69, 9.17) is 0 Å². The lowest BCUT2D eigenvalue weighted by atomic mass is 9.87. The lowest BCUT2D eigenvalue weighted by Gasteiger charge is -2.39. The van der Waals surface area contributed by atoms with Crippen LogP contribution >= 0.6 is 15.8 Å². The Morgan fingerprint density at radius 2 is 0.882 bits per heavy atom. The van der Waals surface area contributed by atoms with Crippen molar-refractivity contribution in [2.45, 2.75) is 37.8 Å². The zero-order valence-electron chi connectivity index (χ0n) is 19.8. The summed E-state index contributed by atoms with van der Waals surface area (Å²) in [7, 11) is -0.846. The van der Waals surface area contributed by atoms with Crippen LogP contribution in [0, 0.1) is 5.92 Å². The van der Waals surface area contributed by atoms with Crippen molar-refractivity contribution in [3.8, 4) is 0 Å². The summed E-state index contributed by atoms with van der Waals surface area (Å²) in [6.45, 7) is 0. The monoisotopic (exact) mass is 480 g/mol. The summed E-state index contributed by atoms with van der Waals surface area (Å²) < 4.78 is 0. The maximum Gasteiger partial charge on any atom is -0.00552 e. The molecule has 2 heteroatoms. The molecule has 5 rings (SSSR count). The summed E-state index contributed by atoms with van der Waals surface area (Å²) in [6.07, 6.45) is 8.23.